The molecule has 0 spiro atoms. The molecule has 3 heterocycles. The summed E-state index contributed by atoms with van der Waals surface area (Å²) in [5.74, 6) is 2.00. The smallest absolute Gasteiger partial charge is 0.254 e. The van der Waals surface area contributed by atoms with Crippen LogP contribution >= 0.6 is 0 Å². The van der Waals surface area contributed by atoms with Crippen LogP contribution in [0.15, 0.2) is 36.4 Å². The van der Waals surface area contributed by atoms with E-state index in [1.165, 1.54) is 0 Å². The molecule has 5 rings (SSSR count). The van der Waals surface area contributed by atoms with Gasteiger partial charge in [-0.2, -0.15) is 0 Å². The van der Waals surface area contributed by atoms with Crippen molar-refractivity contribution in [3.8, 4) is 17.2 Å². The molecule has 0 bridgehead atoms. The maximum Gasteiger partial charge on any atom is 0.254 e. The Hall–Kier alpha value is -3.22. The molecule has 3 aliphatic heterocycles. The van der Waals surface area contributed by atoms with E-state index in [0.717, 1.165) is 35.3 Å². The van der Waals surface area contributed by atoms with Crippen LogP contribution in [-0.2, 0) is 28.0 Å². The number of rotatable bonds is 5. The second kappa shape index (κ2) is 7.73. The zero-order valence-corrected chi connectivity index (χ0v) is 18.7. The quantitative estimate of drug-likeness (QED) is 0.721. The van der Waals surface area contributed by atoms with Gasteiger partial charge in [0.25, 0.3) is 5.91 Å². The third kappa shape index (κ3) is 2.87. The first-order chi connectivity index (χ1) is 15.5. The summed E-state index contributed by atoms with van der Waals surface area (Å²) in [5.41, 5.74) is 1.73. The molecule has 2 fully saturated rings. The van der Waals surface area contributed by atoms with Gasteiger partial charge in [0, 0.05) is 19.5 Å². The standard InChI is InChI=1S/C25H28N2O5/c1-30-18-8-6-16(7-9-18)15-25-19-14-22(32-3)21(31-2)13-17(19)10-12-27(25)23(28)20-5-4-11-26(20)24(25)29/h6-9,13-14,20H,4-5,10-12,15H2,1-3H3/t20-,25?/m0/s1. The van der Waals surface area contributed by atoms with Crippen LogP contribution in [0.3, 0.4) is 0 Å². The van der Waals surface area contributed by atoms with Crippen LogP contribution in [0, 0.1) is 0 Å². The number of carbonyl (C=O) groups is 2. The molecule has 7 heteroatoms. The highest BCUT2D eigenvalue weighted by molar-refractivity contribution is 6.02. The van der Waals surface area contributed by atoms with Crippen molar-refractivity contribution in [1.29, 1.82) is 0 Å². The molecule has 32 heavy (non-hydrogen) atoms. The molecule has 0 N–H and O–H groups in total. The van der Waals surface area contributed by atoms with Crippen LogP contribution in [0.5, 0.6) is 17.2 Å². The van der Waals surface area contributed by atoms with E-state index in [9.17, 15) is 9.59 Å². The predicted molar refractivity (Wildman–Crippen MR) is 118 cm³/mol. The van der Waals surface area contributed by atoms with Crippen LogP contribution < -0.4 is 14.2 Å². The van der Waals surface area contributed by atoms with Crippen LogP contribution in [0.4, 0.5) is 0 Å². The molecular weight excluding hydrogens is 408 g/mol. The Balaban J connectivity index is 1.71. The molecule has 0 radical (unpaired) electrons. The van der Waals surface area contributed by atoms with Crippen molar-refractivity contribution in [2.24, 2.45) is 0 Å². The van der Waals surface area contributed by atoms with Gasteiger partial charge in [0.05, 0.1) is 21.3 Å². The van der Waals surface area contributed by atoms with Gasteiger partial charge in [-0.1, -0.05) is 12.1 Å². The molecule has 2 amide bonds. The Labute approximate surface area is 187 Å². The van der Waals surface area contributed by atoms with E-state index in [1.54, 1.807) is 26.2 Å². The number of ether oxygens (including phenoxy) is 3. The van der Waals surface area contributed by atoms with Crippen LogP contribution in [0.25, 0.3) is 0 Å². The van der Waals surface area contributed by atoms with Crippen molar-refractivity contribution in [2.45, 2.75) is 37.3 Å². The third-order valence-corrected chi connectivity index (χ3v) is 7.16. The highest BCUT2D eigenvalue weighted by atomic mass is 16.5. The molecular formula is C25H28N2O5. The van der Waals surface area contributed by atoms with Gasteiger partial charge in [-0.15, -0.1) is 0 Å². The number of hydrogen-bond acceptors (Lipinski definition) is 5. The molecule has 0 aliphatic carbocycles. The molecule has 2 saturated heterocycles. The summed E-state index contributed by atoms with van der Waals surface area (Å²) < 4.78 is 16.4. The molecule has 0 saturated carbocycles. The maximum atomic E-state index is 14.2. The number of carbonyl (C=O) groups excluding carboxylic acids is 2. The summed E-state index contributed by atoms with van der Waals surface area (Å²) >= 11 is 0. The van der Waals surface area contributed by atoms with Crippen molar-refractivity contribution in [1.82, 2.24) is 9.80 Å². The van der Waals surface area contributed by atoms with E-state index >= 15 is 0 Å². The van der Waals surface area contributed by atoms with Crippen LogP contribution in [0.2, 0.25) is 0 Å². The lowest BCUT2D eigenvalue weighted by atomic mass is 9.73. The van der Waals surface area contributed by atoms with Gasteiger partial charge in [-0.05, 0) is 60.2 Å². The zero-order chi connectivity index (χ0) is 22.5. The first kappa shape index (κ1) is 20.7. The Bertz CT molecular complexity index is 1070. The molecule has 2 aromatic rings. The number of hydrogen-bond donors (Lipinski definition) is 0. The Morgan fingerprint density at radius 2 is 1.69 bits per heavy atom. The van der Waals surface area contributed by atoms with Gasteiger partial charge >= 0.3 is 0 Å². The Morgan fingerprint density at radius 3 is 2.38 bits per heavy atom. The number of benzene rings is 2. The fraction of sp³-hybridized carbons (Fsp3) is 0.440. The van der Waals surface area contributed by atoms with Gasteiger partial charge in [0.2, 0.25) is 5.91 Å². The van der Waals surface area contributed by atoms with E-state index in [-0.39, 0.29) is 17.9 Å². The summed E-state index contributed by atoms with van der Waals surface area (Å²) in [4.78, 5) is 31.4. The monoisotopic (exact) mass is 436 g/mol. The molecule has 168 valence electrons. The number of nitrogens with zero attached hydrogens (tertiary/aromatic N) is 2. The maximum absolute atomic E-state index is 14.2. The van der Waals surface area contributed by atoms with Gasteiger partial charge in [-0.3, -0.25) is 9.59 Å². The van der Waals surface area contributed by atoms with Gasteiger partial charge in [-0.25, -0.2) is 0 Å². The minimum Gasteiger partial charge on any atom is -0.497 e. The van der Waals surface area contributed by atoms with Crippen molar-refractivity contribution >= 4 is 11.8 Å². The lowest BCUT2D eigenvalue weighted by molar-refractivity contribution is -0.170. The zero-order valence-electron chi connectivity index (χ0n) is 18.7. The van der Waals surface area contributed by atoms with Crippen LogP contribution in [-0.4, -0.2) is 62.1 Å². The molecule has 1 unspecified atom stereocenters. The fourth-order valence-electron chi connectivity index (χ4n) is 5.60. The fourth-order valence-corrected chi connectivity index (χ4v) is 5.60. The van der Waals surface area contributed by atoms with E-state index in [2.05, 4.69) is 0 Å². The summed E-state index contributed by atoms with van der Waals surface area (Å²) in [7, 11) is 4.82. The summed E-state index contributed by atoms with van der Waals surface area (Å²) in [5, 5.41) is 0. The third-order valence-electron chi connectivity index (χ3n) is 7.16. The minimum atomic E-state index is -1.10. The topological polar surface area (TPSA) is 68.3 Å². The second-order valence-corrected chi connectivity index (χ2v) is 8.65. The van der Waals surface area contributed by atoms with Crippen molar-refractivity contribution < 1.29 is 23.8 Å². The summed E-state index contributed by atoms with van der Waals surface area (Å²) in [6, 6.07) is 11.2. The molecule has 3 aliphatic rings. The number of amides is 2. The SMILES string of the molecule is COc1ccc(CC23C(=O)N4CCC[C@H]4C(=O)N2CCc2cc(OC)c(OC)cc23)cc1. The highest BCUT2D eigenvalue weighted by Gasteiger charge is 2.60. The number of fused-ring (bicyclic) bond motifs is 4. The van der Waals surface area contributed by atoms with Gasteiger partial charge in [0.1, 0.15) is 11.8 Å². The predicted octanol–water partition coefficient (Wildman–Crippen LogP) is 2.54. The highest BCUT2D eigenvalue weighted by Crippen LogP contribution is 2.48. The summed E-state index contributed by atoms with van der Waals surface area (Å²) in [6.07, 6.45) is 2.66. The molecule has 2 aromatic carbocycles. The first-order valence-corrected chi connectivity index (χ1v) is 11.0. The van der Waals surface area contributed by atoms with E-state index in [1.807, 2.05) is 41.3 Å². The Morgan fingerprint density at radius 1 is 0.969 bits per heavy atom. The van der Waals surface area contributed by atoms with E-state index in [4.69, 9.17) is 14.2 Å². The summed E-state index contributed by atoms with van der Waals surface area (Å²) in [6.45, 7) is 1.13. The van der Waals surface area contributed by atoms with Gasteiger partial charge in [0.15, 0.2) is 17.0 Å². The first-order valence-electron chi connectivity index (χ1n) is 11.0. The molecule has 2 atom stereocenters. The van der Waals surface area contributed by atoms with E-state index in [0.29, 0.717) is 37.4 Å². The lowest BCUT2D eigenvalue weighted by Crippen LogP contribution is -2.70. The molecule has 0 aromatic heterocycles. The number of methoxy groups -OCH3 is 3. The van der Waals surface area contributed by atoms with Crippen LogP contribution in [0.1, 0.15) is 29.5 Å². The molecule has 7 nitrogen and oxygen atoms in total. The van der Waals surface area contributed by atoms with Crippen molar-refractivity contribution in [3.05, 3.63) is 53.1 Å². The van der Waals surface area contributed by atoms with Crippen molar-refractivity contribution in [2.75, 3.05) is 34.4 Å². The largest absolute Gasteiger partial charge is 0.497 e. The average molecular weight is 437 g/mol. The minimum absolute atomic E-state index is 0.00332. The lowest BCUT2D eigenvalue weighted by Gasteiger charge is -2.53. The normalized spacial score (nSPS) is 24.0. The van der Waals surface area contributed by atoms with Gasteiger partial charge < -0.3 is 24.0 Å². The van der Waals surface area contributed by atoms with E-state index < -0.39 is 5.54 Å². The number of piperazine rings is 1. The Kier molecular flexibility index (Phi) is 4.99. The van der Waals surface area contributed by atoms with Crippen molar-refractivity contribution in [3.63, 3.8) is 0 Å². The second-order valence-electron chi connectivity index (χ2n) is 8.65. The average Bonchev–Trinajstić information content (AvgIpc) is 3.32.